The lowest BCUT2D eigenvalue weighted by Gasteiger charge is -2.25. The van der Waals surface area contributed by atoms with Gasteiger partial charge < -0.3 is 9.47 Å². The second-order valence-corrected chi connectivity index (χ2v) is 5.90. The van der Waals surface area contributed by atoms with E-state index in [2.05, 4.69) is 26.0 Å². The molecule has 2 aromatic carbocycles. The molecule has 3 heteroatoms. The van der Waals surface area contributed by atoms with E-state index in [1.807, 2.05) is 36.4 Å². The lowest BCUT2D eigenvalue weighted by atomic mass is 9.78. The van der Waals surface area contributed by atoms with Crippen LogP contribution in [-0.2, 0) is 0 Å². The van der Waals surface area contributed by atoms with Gasteiger partial charge in [0.2, 0.25) is 0 Å². The Morgan fingerprint density at radius 1 is 0.833 bits per heavy atom. The third-order valence-corrected chi connectivity index (χ3v) is 4.62. The van der Waals surface area contributed by atoms with E-state index < -0.39 is 0 Å². The first-order valence-electron chi connectivity index (χ1n) is 8.46. The molecule has 0 amide bonds. The number of carbonyl (C=O) groups is 1. The van der Waals surface area contributed by atoms with Gasteiger partial charge in [-0.25, -0.2) is 0 Å². The molecule has 24 heavy (non-hydrogen) atoms. The monoisotopic (exact) mass is 326 g/mol. The van der Waals surface area contributed by atoms with Crippen molar-refractivity contribution in [1.29, 1.82) is 0 Å². The molecule has 0 fully saturated rings. The van der Waals surface area contributed by atoms with Crippen LogP contribution in [0.3, 0.4) is 0 Å². The molecule has 128 valence electrons. The summed E-state index contributed by atoms with van der Waals surface area (Å²) in [4.78, 5) is 13.0. The molecule has 0 heterocycles. The fourth-order valence-corrected chi connectivity index (χ4v) is 3.23. The molecule has 0 unspecified atom stereocenters. The van der Waals surface area contributed by atoms with Crippen molar-refractivity contribution in [3.63, 3.8) is 0 Å². The van der Waals surface area contributed by atoms with E-state index >= 15 is 0 Å². The Bertz CT molecular complexity index is 644. The molecule has 0 saturated carbocycles. The maximum Gasteiger partial charge on any atom is 0.166 e. The van der Waals surface area contributed by atoms with Crippen molar-refractivity contribution in [3.05, 3.63) is 59.7 Å². The fraction of sp³-hybridized carbons (Fsp3) is 0.381. The Morgan fingerprint density at radius 2 is 1.33 bits per heavy atom. The van der Waals surface area contributed by atoms with Crippen molar-refractivity contribution < 1.29 is 14.3 Å². The first-order valence-corrected chi connectivity index (χ1v) is 8.46. The van der Waals surface area contributed by atoms with Gasteiger partial charge in [-0.1, -0.05) is 26.0 Å². The highest BCUT2D eigenvalue weighted by molar-refractivity contribution is 5.98. The first kappa shape index (κ1) is 18.1. The number of ketones is 1. The number of hydrogen-bond acceptors (Lipinski definition) is 3. The number of carbonyl (C=O) groups excluding carboxylic acids is 1. The van der Waals surface area contributed by atoms with Gasteiger partial charge in [-0.15, -0.1) is 0 Å². The normalized spacial score (nSPS) is 13.2. The van der Waals surface area contributed by atoms with Gasteiger partial charge in [-0.05, 0) is 60.7 Å². The van der Waals surface area contributed by atoms with Crippen LogP contribution in [0.15, 0.2) is 48.5 Å². The van der Waals surface area contributed by atoms with Crippen LogP contribution >= 0.6 is 0 Å². The Labute approximate surface area is 144 Å². The van der Waals surface area contributed by atoms with Crippen LogP contribution in [0.4, 0.5) is 0 Å². The van der Waals surface area contributed by atoms with Gasteiger partial charge in [-0.3, -0.25) is 4.79 Å². The summed E-state index contributed by atoms with van der Waals surface area (Å²) in [5.41, 5.74) is 1.93. The zero-order valence-electron chi connectivity index (χ0n) is 14.9. The minimum atomic E-state index is -0.0308. The molecule has 2 aromatic rings. The van der Waals surface area contributed by atoms with Crippen LogP contribution in [0.2, 0.25) is 0 Å². The van der Waals surface area contributed by atoms with Gasteiger partial charge >= 0.3 is 0 Å². The summed E-state index contributed by atoms with van der Waals surface area (Å²) in [6.07, 6.45) is 1.74. The van der Waals surface area contributed by atoms with Gasteiger partial charge in [0.1, 0.15) is 11.5 Å². The molecule has 2 atom stereocenters. The van der Waals surface area contributed by atoms with Gasteiger partial charge in [-0.2, -0.15) is 0 Å². The minimum Gasteiger partial charge on any atom is -0.497 e. The quantitative estimate of drug-likeness (QED) is 0.633. The van der Waals surface area contributed by atoms with Crippen molar-refractivity contribution in [2.45, 2.75) is 32.6 Å². The molecule has 0 spiro atoms. The smallest absolute Gasteiger partial charge is 0.166 e. The second-order valence-electron chi connectivity index (χ2n) is 5.90. The van der Waals surface area contributed by atoms with E-state index in [1.54, 1.807) is 14.2 Å². The molecule has 0 saturated heterocycles. The molecular weight excluding hydrogens is 300 g/mol. The maximum atomic E-state index is 13.0. The van der Waals surface area contributed by atoms with Crippen molar-refractivity contribution in [3.8, 4) is 11.5 Å². The summed E-state index contributed by atoms with van der Waals surface area (Å²) >= 11 is 0. The summed E-state index contributed by atoms with van der Waals surface area (Å²) in [5, 5.41) is 0. The molecule has 0 N–H and O–H groups in total. The average molecular weight is 326 g/mol. The highest BCUT2D eigenvalue weighted by Crippen LogP contribution is 2.34. The maximum absolute atomic E-state index is 13.0. The topological polar surface area (TPSA) is 35.5 Å². The van der Waals surface area contributed by atoms with Crippen LogP contribution in [0.1, 0.15) is 48.5 Å². The average Bonchev–Trinajstić information content (AvgIpc) is 2.65. The van der Waals surface area contributed by atoms with E-state index in [4.69, 9.17) is 9.47 Å². The Hall–Kier alpha value is -2.29. The second kappa shape index (κ2) is 8.53. The summed E-state index contributed by atoms with van der Waals surface area (Å²) in [6, 6.07) is 15.4. The molecule has 0 aliphatic heterocycles. The Morgan fingerprint density at radius 3 is 1.75 bits per heavy atom. The predicted octanol–water partition coefficient (Wildman–Crippen LogP) is 5.11. The van der Waals surface area contributed by atoms with Gasteiger partial charge in [0, 0.05) is 11.5 Å². The highest BCUT2D eigenvalue weighted by atomic mass is 16.5. The van der Waals surface area contributed by atoms with Gasteiger partial charge in [0.05, 0.1) is 14.2 Å². The molecule has 3 nitrogen and oxygen atoms in total. The predicted molar refractivity (Wildman–Crippen MR) is 97.1 cm³/mol. The van der Waals surface area contributed by atoms with Gasteiger partial charge in [0.25, 0.3) is 0 Å². The van der Waals surface area contributed by atoms with Crippen molar-refractivity contribution >= 4 is 5.78 Å². The van der Waals surface area contributed by atoms with Crippen LogP contribution in [0.5, 0.6) is 11.5 Å². The number of Topliss-reactive ketones (excluding diaryl/α,β-unsaturated/α-hetero) is 1. The van der Waals surface area contributed by atoms with Crippen LogP contribution in [0, 0.1) is 5.92 Å². The zero-order chi connectivity index (χ0) is 17.5. The molecular formula is C21H26O3. The van der Waals surface area contributed by atoms with Crippen molar-refractivity contribution in [1.82, 2.24) is 0 Å². The van der Waals surface area contributed by atoms with Crippen LogP contribution < -0.4 is 9.47 Å². The number of methoxy groups -OCH3 is 2. The van der Waals surface area contributed by atoms with Crippen LogP contribution in [-0.4, -0.2) is 20.0 Å². The third kappa shape index (κ3) is 3.97. The molecule has 0 bridgehead atoms. The Balaban J connectivity index is 2.26. The lowest BCUT2D eigenvalue weighted by molar-refractivity contribution is 0.0893. The number of rotatable bonds is 8. The molecule has 0 aliphatic rings. The van der Waals surface area contributed by atoms with E-state index in [-0.39, 0.29) is 17.6 Å². The molecule has 0 aliphatic carbocycles. The Kier molecular flexibility index (Phi) is 6.42. The fourth-order valence-electron chi connectivity index (χ4n) is 3.23. The van der Waals surface area contributed by atoms with Crippen molar-refractivity contribution in [2.75, 3.05) is 14.2 Å². The minimum absolute atomic E-state index is 0.0308. The van der Waals surface area contributed by atoms with E-state index in [0.29, 0.717) is 0 Å². The van der Waals surface area contributed by atoms with E-state index in [0.717, 1.165) is 29.9 Å². The zero-order valence-corrected chi connectivity index (χ0v) is 14.9. The largest absolute Gasteiger partial charge is 0.497 e. The number of hydrogen-bond donors (Lipinski definition) is 0. The lowest BCUT2D eigenvalue weighted by Crippen LogP contribution is -2.22. The molecule has 0 aromatic heterocycles. The van der Waals surface area contributed by atoms with Gasteiger partial charge in [0.15, 0.2) is 5.78 Å². The molecule has 0 radical (unpaired) electrons. The standard InChI is InChI=1S/C21H26O3/c1-5-19(15-7-11-17(23-3)12-8-15)20(6-2)21(22)16-9-13-18(24-4)14-10-16/h7-14,19-20H,5-6H2,1-4H3/t19-,20+/m1/s1. The summed E-state index contributed by atoms with van der Waals surface area (Å²) in [6.45, 7) is 4.22. The number of benzene rings is 2. The highest BCUT2D eigenvalue weighted by Gasteiger charge is 2.27. The van der Waals surface area contributed by atoms with E-state index in [9.17, 15) is 4.79 Å². The first-order chi connectivity index (χ1) is 11.6. The van der Waals surface area contributed by atoms with E-state index in [1.165, 1.54) is 5.56 Å². The summed E-state index contributed by atoms with van der Waals surface area (Å²) in [5.74, 6) is 1.97. The number of ether oxygens (including phenoxy) is 2. The summed E-state index contributed by atoms with van der Waals surface area (Å²) in [7, 11) is 3.29. The SMILES string of the molecule is CC[C@H](C(=O)c1ccc(OC)cc1)[C@H](CC)c1ccc(OC)cc1. The third-order valence-electron chi connectivity index (χ3n) is 4.62. The summed E-state index contributed by atoms with van der Waals surface area (Å²) < 4.78 is 10.4. The van der Waals surface area contributed by atoms with Crippen LogP contribution in [0.25, 0.3) is 0 Å². The molecule has 2 rings (SSSR count). The van der Waals surface area contributed by atoms with Crippen molar-refractivity contribution in [2.24, 2.45) is 5.92 Å².